The molecule has 138 valence electrons. The monoisotopic (exact) mass is 408 g/mol. The first-order valence-electron chi connectivity index (χ1n) is 7.59. The number of carbonyl (C=O) groups is 3. The number of benzene rings is 2. The van der Waals surface area contributed by atoms with Crippen LogP contribution in [0.5, 0.6) is 0 Å². The van der Waals surface area contributed by atoms with Gasteiger partial charge in [0.05, 0.1) is 10.6 Å². The van der Waals surface area contributed by atoms with Crippen molar-refractivity contribution in [1.29, 1.82) is 0 Å². The van der Waals surface area contributed by atoms with Gasteiger partial charge in [0.15, 0.2) is 0 Å². The van der Waals surface area contributed by atoms with Crippen LogP contribution in [0.1, 0.15) is 5.56 Å². The van der Waals surface area contributed by atoms with Crippen LogP contribution in [0.15, 0.2) is 47.4 Å². The van der Waals surface area contributed by atoms with Crippen LogP contribution in [0.3, 0.4) is 0 Å². The highest BCUT2D eigenvalue weighted by atomic mass is 35.5. The summed E-state index contributed by atoms with van der Waals surface area (Å²) in [4.78, 5) is 37.4. The lowest BCUT2D eigenvalue weighted by atomic mass is 10.2. The molecule has 3 amide bonds. The summed E-state index contributed by atoms with van der Waals surface area (Å²) in [6.45, 7) is -0.589. The van der Waals surface area contributed by atoms with Crippen molar-refractivity contribution in [2.24, 2.45) is 0 Å². The van der Waals surface area contributed by atoms with Crippen molar-refractivity contribution in [1.82, 2.24) is 4.90 Å². The molecule has 2 aromatic rings. The van der Waals surface area contributed by atoms with Gasteiger partial charge in [0.1, 0.15) is 18.2 Å². The van der Waals surface area contributed by atoms with Gasteiger partial charge < -0.3 is 5.32 Å². The first-order valence-corrected chi connectivity index (χ1v) is 8.79. The van der Waals surface area contributed by atoms with Crippen LogP contribution in [-0.4, -0.2) is 28.5 Å². The number of nitrogens with one attached hydrogen (secondary N) is 1. The highest BCUT2D eigenvalue weighted by Gasteiger charge is 2.36. The second-order valence-electron chi connectivity index (χ2n) is 5.50. The van der Waals surface area contributed by atoms with Crippen LogP contribution in [-0.2, 0) is 9.59 Å². The van der Waals surface area contributed by atoms with Crippen molar-refractivity contribution in [2.75, 3.05) is 11.9 Å². The van der Waals surface area contributed by atoms with Crippen LogP contribution < -0.4 is 5.32 Å². The number of hydrogen-bond acceptors (Lipinski definition) is 4. The minimum absolute atomic E-state index is 0.142. The van der Waals surface area contributed by atoms with Gasteiger partial charge >= 0.3 is 0 Å². The number of hydrogen-bond donors (Lipinski definition) is 1. The molecule has 1 aliphatic rings. The summed E-state index contributed by atoms with van der Waals surface area (Å²) < 4.78 is 26.5. The van der Waals surface area contributed by atoms with E-state index in [0.29, 0.717) is 28.4 Å². The van der Waals surface area contributed by atoms with E-state index in [-0.39, 0.29) is 10.6 Å². The molecule has 0 bridgehead atoms. The van der Waals surface area contributed by atoms with E-state index in [9.17, 15) is 23.2 Å². The fourth-order valence-corrected chi connectivity index (χ4v) is 3.35. The van der Waals surface area contributed by atoms with Gasteiger partial charge in [0.25, 0.3) is 11.1 Å². The molecule has 0 spiro atoms. The molecule has 1 heterocycles. The number of nitrogens with zero attached hydrogens (tertiary/aromatic N) is 1. The maximum atomic E-state index is 13.6. The lowest BCUT2D eigenvalue weighted by molar-refractivity contribution is -0.127. The average molecular weight is 409 g/mol. The normalized spacial score (nSPS) is 15.5. The minimum Gasteiger partial charge on any atom is -0.322 e. The quantitative estimate of drug-likeness (QED) is 0.766. The zero-order chi connectivity index (χ0) is 19.6. The van der Waals surface area contributed by atoms with Gasteiger partial charge in [0.2, 0.25) is 5.91 Å². The number of anilines is 1. The number of halogens is 3. The van der Waals surface area contributed by atoms with Gasteiger partial charge in [-0.1, -0.05) is 23.7 Å². The zero-order valence-corrected chi connectivity index (χ0v) is 15.1. The summed E-state index contributed by atoms with van der Waals surface area (Å²) >= 11 is 6.57. The fourth-order valence-electron chi connectivity index (χ4n) is 2.31. The molecule has 9 heteroatoms. The van der Waals surface area contributed by atoms with Crippen molar-refractivity contribution in [3.8, 4) is 0 Å². The predicted molar refractivity (Wildman–Crippen MR) is 99.1 cm³/mol. The smallest absolute Gasteiger partial charge is 0.294 e. The Balaban J connectivity index is 1.71. The van der Waals surface area contributed by atoms with E-state index in [4.69, 9.17) is 11.6 Å². The summed E-state index contributed by atoms with van der Waals surface area (Å²) in [6.07, 6.45) is 1.49. The van der Waals surface area contributed by atoms with E-state index in [1.54, 1.807) is 24.3 Å². The number of rotatable bonds is 4. The Morgan fingerprint density at radius 1 is 1.19 bits per heavy atom. The Morgan fingerprint density at radius 3 is 2.67 bits per heavy atom. The molecule has 3 rings (SSSR count). The van der Waals surface area contributed by atoms with Gasteiger partial charge in [-0.15, -0.1) is 0 Å². The third kappa shape index (κ3) is 4.53. The SMILES string of the molecule is O=C(CN1C(=O)S/C(=C/c2cccc(Cl)c2)C1=O)Nc1ccc(F)cc1F. The molecular weight excluding hydrogens is 398 g/mol. The first-order chi connectivity index (χ1) is 12.8. The molecular formula is C18H11ClF2N2O3S. The van der Waals surface area contributed by atoms with Crippen molar-refractivity contribution in [3.63, 3.8) is 0 Å². The summed E-state index contributed by atoms with van der Waals surface area (Å²) in [7, 11) is 0. The van der Waals surface area contributed by atoms with E-state index in [0.717, 1.165) is 17.0 Å². The molecule has 27 heavy (non-hydrogen) atoms. The number of thioether (sulfide) groups is 1. The van der Waals surface area contributed by atoms with E-state index < -0.39 is 35.2 Å². The third-order valence-corrected chi connectivity index (χ3v) is 4.67. The van der Waals surface area contributed by atoms with E-state index in [1.807, 2.05) is 0 Å². The molecule has 0 radical (unpaired) electrons. The van der Waals surface area contributed by atoms with Crippen LogP contribution in [0.25, 0.3) is 6.08 Å². The largest absolute Gasteiger partial charge is 0.322 e. The summed E-state index contributed by atoms with van der Waals surface area (Å²) in [5.74, 6) is -3.17. The van der Waals surface area contributed by atoms with Crippen molar-refractivity contribution < 1.29 is 23.2 Å². The lowest BCUT2D eigenvalue weighted by Gasteiger charge is -2.12. The molecule has 0 aliphatic carbocycles. The third-order valence-electron chi connectivity index (χ3n) is 3.53. The van der Waals surface area contributed by atoms with E-state index in [2.05, 4.69) is 5.32 Å². The summed E-state index contributed by atoms with van der Waals surface area (Å²) in [6, 6.07) is 9.35. The molecule has 0 aromatic heterocycles. The molecule has 2 aromatic carbocycles. The topological polar surface area (TPSA) is 66.5 Å². The summed E-state index contributed by atoms with van der Waals surface area (Å²) in [5, 5.41) is 2.06. The maximum Gasteiger partial charge on any atom is 0.294 e. The van der Waals surface area contributed by atoms with Gasteiger partial charge in [-0.3, -0.25) is 19.3 Å². The molecule has 0 saturated carbocycles. The van der Waals surface area contributed by atoms with Gasteiger partial charge in [-0.25, -0.2) is 8.78 Å². The molecule has 1 saturated heterocycles. The highest BCUT2D eigenvalue weighted by Crippen LogP contribution is 2.32. The average Bonchev–Trinajstić information content (AvgIpc) is 2.85. The molecule has 0 unspecified atom stereocenters. The van der Waals surface area contributed by atoms with Crippen molar-refractivity contribution in [3.05, 3.63) is 69.6 Å². The molecule has 5 nitrogen and oxygen atoms in total. The van der Waals surface area contributed by atoms with Crippen molar-refractivity contribution in [2.45, 2.75) is 0 Å². The maximum absolute atomic E-state index is 13.6. The van der Waals surface area contributed by atoms with Crippen LogP contribution in [0.2, 0.25) is 5.02 Å². The standard InChI is InChI=1S/C18H11ClF2N2O3S/c19-11-3-1-2-10(6-11)7-15-17(25)23(18(26)27-15)9-16(24)22-14-5-4-12(20)8-13(14)21/h1-8H,9H2,(H,22,24)/b15-7+. The van der Waals surface area contributed by atoms with Crippen LogP contribution in [0.4, 0.5) is 19.3 Å². The second kappa shape index (κ2) is 7.89. The van der Waals surface area contributed by atoms with E-state index >= 15 is 0 Å². The number of amides is 3. The van der Waals surface area contributed by atoms with Gasteiger partial charge in [0, 0.05) is 11.1 Å². The molecule has 1 fully saturated rings. The zero-order valence-electron chi connectivity index (χ0n) is 13.5. The summed E-state index contributed by atoms with van der Waals surface area (Å²) in [5.41, 5.74) is 0.383. The Hall–Kier alpha value is -2.71. The molecule has 1 N–H and O–H groups in total. The lowest BCUT2D eigenvalue weighted by Crippen LogP contribution is -2.36. The van der Waals surface area contributed by atoms with Gasteiger partial charge in [-0.2, -0.15) is 0 Å². The molecule has 1 aliphatic heterocycles. The van der Waals surface area contributed by atoms with Crippen LogP contribution in [0, 0.1) is 11.6 Å². The van der Waals surface area contributed by atoms with E-state index in [1.165, 1.54) is 6.08 Å². The Bertz CT molecular complexity index is 981. The van der Waals surface area contributed by atoms with Crippen LogP contribution >= 0.6 is 23.4 Å². The first kappa shape index (κ1) is 19.1. The number of carbonyl (C=O) groups excluding carboxylic acids is 3. The number of imide groups is 1. The Morgan fingerprint density at radius 2 is 1.96 bits per heavy atom. The Kier molecular flexibility index (Phi) is 5.57. The minimum atomic E-state index is -0.960. The second-order valence-corrected chi connectivity index (χ2v) is 6.92. The predicted octanol–water partition coefficient (Wildman–Crippen LogP) is 4.29. The molecule has 0 atom stereocenters. The fraction of sp³-hybridized carbons (Fsp3) is 0.0556. The highest BCUT2D eigenvalue weighted by molar-refractivity contribution is 8.18. The Labute approximate surface area is 162 Å². The van der Waals surface area contributed by atoms with Crippen molar-refractivity contribution >= 4 is 52.2 Å². The van der Waals surface area contributed by atoms with Gasteiger partial charge in [-0.05, 0) is 47.7 Å².